The number of methoxy groups -OCH3 is 4. The van der Waals surface area contributed by atoms with E-state index in [9.17, 15) is 14.4 Å². The van der Waals surface area contributed by atoms with E-state index >= 15 is 0 Å². The number of benzene rings is 1. The molecule has 0 saturated heterocycles. The summed E-state index contributed by atoms with van der Waals surface area (Å²) in [6, 6.07) is 3.09. The Balaban J connectivity index is 2.08. The van der Waals surface area contributed by atoms with Crippen LogP contribution in [0.4, 0.5) is 5.69 Å². The maximum atomic E-state index is 12.3. The molecule has 1 aromatic heterocycles. The average molecular weight is 420 g/mol. The number of aromatic nitrogens is 1. The minimum Gasteiger partial charge on any atom is -0.493 e. The van der Waals surface area contributed by atoms with Crippen molar-refractivity contribution in [1.29, 1.82) is 0 Å². The highest BCUT2D eigenvalue weighted by molar-refractivity contribution is 6.00. The molecule has 10 nitrogen and oxygen atoms in total. The van der Waals surface area contributed by atoms with E-state index in [2.05, 4.69) is 10.3 Å². The van der Waals surface area contributed by atoms with Gasteiger partial charge in [-0.05, 0) is 19.4 Å². The summed E-state index contributed by atoms with van der Waals surface area (Å²) in [5.74, 6) is -0.824. The first-order valence-electron chi connectivity index (χ1n) is 8.81. The number of ether oxygens (including phenoxy) is 5. The van der Waals surface area contributed by atoms with E-state index in [1.165, 1.54) is 28.4 Å². The van der Waals surface area contributed by atoms with E-state index in [4.69, 9.17) is 23.7 Å². The largest absolute Gasteiger partial charge is 0.493 e. The maximum absolute atomic E-state index is 12.3. The van der Waals surface area contributed by atoms with Crippen molar-refractivity contribution in [3.63, 3.8) is 0 Å². The van der Waals surface area contributed by atoms with E-state index < -0.39 is 24.5 Å². The normalized spacial score (nSPS) is 10.2. The number of aryl methyl sites for hydroxylation is 1. The van der Waals surface area contributed by atoms with Crippen LogP contribution in [0.1, 0.15) is 32.1 Å². The Morgan fingerprint density at radius 1 is 0.933 bits per heavy atom. The second kappa shape index (κ2) is 9.68. The molecular formula is C20H24N2O8. The summed E-state index contributed by atoms with van der Waals surface area (Å²) in [4.78, 5) is 39.2. The SMILES string of the molecule is COC(=O)c1c(C)[nH]c(C(=O)OCC(=O)Nc2cc(OC)c(OC)c(OC)c2)c1C. The maximum Gasteiger partial charge on any atom is 0.355 e. The molecule has 0 saturated carbocycles. The summed E-state index contributed by atoms with van der Waals surface area (Å²) in [5, 5.41) is 2.59. The number of amides is 1. The van der Waals surface area contributed by atoms with Gasteiger partial charge in [-0.1, -0.05) is 0 Å². The molecule has 0 aliphatic carbocycles. The van der Waals surface area contributed by atoms with Gasteiger partial charge in [-0.25, -0.2) is 9.59 Å². The third-order valence-corrected chi connectivity index (χ3v) is 4.31. The Labute approximate surface area is 173 Å². The fraction of sp³-hybridized carbons (Fsp3) is 0.350. The Bertz CT molecular complexity index is 939. The van der Waals surface area contributed by atoms with Gasteiger partial charge in [0.2, 0.25) is 5.75 Å². The van der Waals surface area contributed by atoms with Crippen LogP contribution in [0.25, 0.3) is 0 Å². The van der Waals surface area contributed by atoms with Crippen LogP contribution in [-0.4, -0.2) is 57.9 Å². The van der Waals surface area contributed by atoms with Gasteiger partial charge in [-0.15, -0.1) is 0 Å². The number of nitrogens with one attached hydrogen (secondary N) is 2. The van der Waals surface area contributed by atoms with Gasteiger partial charge < -0.3 is 34.0 Å². The third kappa shape index (κ3) is 4.65. The zero-order valence-electron chi connectivity index (χ0n) is 17.6. The van der Waals surface area contributed by atoms with Crippen LogP contribution in [0, 0.1) is 13.8 Å². The van der Waals surface area contributed by atoms with Crippen molar-refractivity contribution in [3.05, 3.63) is 34.6 Å². The van der Waals surface area contributed by atoms with Crippen molar-refractivity contribution in [2.24, 2.45) is 0 Å². The van der Waals surface area contributed by atoms with Gasteiger partial charge in [0.1, 0.15) is 5.69 Å². The van der Waals surface area contributed by atoms with Gasteiger partial charge in [-0.3, -0.25) is 4.79 Å². The molecule has 162 valence electrons. The highest BCUT2D eigenvalue weighted by atomic mass is 16.5. The number of hydrogen-bond donors (Lipinski definition) is 2. The molecule has 0 aliphatic rings. The molecule has 2 aromatic rings. The predicted octanol–water partition coefficient (Wildman–Crippen LogP) is 2.24. The monoisotopic (exact) mass is 420 g/mol. The summed E-state index contributed by atoms with van der Waals surface area (Å²) in [6.07, 6.45) is 0. The molecule has 2 rings (SSSR count). The Morgan fingerprint density at radius 3 is 2.03 bits per heavy atom. The van der Waals surface area contributed by atoms with E-state index in [1.54, 1.807) is 26.0 Å². The van der Waals surface area contributed by atoms with Gasteiger partial charge in [0.15, 0.2) is 18.1 Å². The Kier molecular flexibility index (Phi) is 7.29. The topological polar surface area (TPSA) is 125 Å². The molecule has 0 bridgehead atoms. The molecule has 1 heterocycles. The summed E-state index contributed by atoms with van der Waals surface area (Å²) in [7, 11) is 5.62. The fourth-order valence-corrected chi connectivity index (χ4v) is 2.92. The highest BCUT2D eigenvalue weighted by Crippen LogP contribution is 2.39. The molecule has 1 amide bonds. The number of anilines is 1. The number of carbonyl (C=O) groups excluding carboxylic acids is 3. The summed E-state index contributed by atoms with van der Waals surface area (Å²) in [5.41, 5.74) is 1.55. The van der Waals surface area contributed by atoms with Crippen LogP contribution in [0.15, 0.2) is 12.1 Å². The first-order chi connectivity index (χ1) is 14.3. The third-order valence-electron chi connectivity index (χ3n) is 4.31. The van der Waals surface area contributed by atoms with Crippen molar-refractivity contribution in [2.75, 3.05) is 40.4 Å². The molecule has 30 heavy (non-hydrogen) atoms. The van der Waals surface area contributed by atoms with E-state index in [1.807, 2.05) is 0 Å². The Hall–Kier alpha value is -3.69. The Morgan fingerprint density at radius 2 is 1.53 bits per heavy atom. The first-order valence-corrected chi connectivity index (χ1v) is 8.81. The molecule has 0 radical (unpaired) electrons. The number of carbonyl (C=O) groups is 3. The molecule has 0 unspecified atom stereocenters. The lowest BCUT2D eigenvalue weighted by molar-refractivity contribution is -0.119. The molecule has 10 heteroatoms. The van der Waals surface area contributed by atoms with Crippen LogP contribution in [-0.2, 0) is 14.3 Å². The fourth-order valence-electron chi connectivity index (χ4n) is 2.92. The van der Waals surface area contributed by atoms with Crippen molar-refractivity contribution in [1.82, 2.24) is 4.98 Å². The van der Waals surface area contributed by atoms with Gasteiger partial charge in [0, 0.05) is 23.5 Å². The minimum atomic E-state index is -0.772. The summed E-state index contributed by atoms with van der Waals surface area (Å²) < 4.78 is 25.4. The van der Waals surface area contributed by atoms with Crippen molar-refractivity contribution < 1.29 is 38.1 Å². The highest BCUT2D eigenvalue weighted by Gasteiger charge is 2.24. The minimum absolute atomic E-state index is 0.0773. The van der Waals surface area contributed by atoms with Crippen LogP contribution >= 0.6 is 0 Å². The quantitative estimate of drug-likeness (QED) is 0.623. The van der Waals surface area contributed by atoms with Gasteiger partial charge in [0.05, 0.1) is 34.0 Å². The lowest BCUT2D eigenvalue weighted by Crippen LogP contribution is -2.21. The number of hydrogen-bond acceptors (Lipinski definition) is 8. The lowest BCUT2D eigenvalue weighted by atomic mass is 10.1. The zero-order valence-corrected chi connectivity index (χ0v) is 17.6. The van der Waals surface area contributed by atoms with Crippen LogP contribution in [0.3, 0.4) is 0 Å². The van der Waals surface area contributed by atoms with Crippen LogP contribution < -0.4 is 19.5 Å². The van der Waals surface area contributed by atoms with Crippen molar-refractivity contribution >= 4 is 23.5 Å². The lowest BCUT2D eigenvalue weighted by Gasteiger charge is -2.14. The van der Waals surface area contributed by atoms with Crippen molar-refractivity contribution in [2.45, 2.75) is 13.8 Å². The molecule has 2 N–H and O–H groups in total. The number of aromatic amines is 1. The number of esters is 2. The van der Waals surface area contributed by atoms with E-state index in [-0.39, 0.29) is 11.3 Å². The average Bonchev–Trinajstić information content (AvgIpc) is 3.04. The van der Waals surface area contributed by atoms with Crippen LogP contribution in [0.5, 0.6) is 17.2 Å². The molecule has 1 aromatic carbocycles. The summed E-state index contributed by atoms with van der Waals surface area (Å²) >= 11 is 0. The second-order valence-electron chi connectivity index (χ2n) is 6.15. The molecule has 0 atom stereocenters. The molecule has 0 spiro atoms. The summed E-state index contributed by atoms with van der Waals surface area (Å²) in [6.45, 7) is 2.68. The molecule has 0 fully saturated rings. The van der Waals surface area contributed by atoms with Crippen molar-refractivity contribution in [3.8, 4) is 17.2 Å². The zero-order chi connectivity index (χ0) is 22.4. The van der Waals surface area contributed by atoms with Gasteiger partial charge in [-0.2, -0.15) is 0 Å². The number of H-pyrrole nitrogens is 1. The molecular weight excluding hydrogens is 396 g/mol. The molecule has 0 aliphatic heterocycles. The second-order valence-corrected chi connectivity index (χ2v) is 6.15. The predicted molar refractivity (Wildman–Crippen MR) is 107 cm³/mol. The van der Waals surface area contributed by atoms with E-state index in [0.29, 0.717) is 34.2 Å². The smallest absolute Gasteiger partial charge is 0.355 e. The van der Waals surface area contributed by atoms with E-state index in [0.717, 1.165) is 0 Å². The van der Waals surface area contributed by atoms with Gasteiger partial charge in [0.25, 0.3) is 5.91 Å². The van der Waals surface area contributed by atoms with Crippen LogP contribution in [0.2, 0.25) is 0 Å². The number of rotatable bonds is 8. The van der Waals surface area contributed by atoms with Gasteiger partial charge >= 0.3 is 11.9 Å². The standard InChI is InChI=1S/C20H24N2O8/c1-10-16(19(24)29-6)11(2)21-17(10)20(25)30-9-15(23)22-12-7-13(26-3)18(28-5)14(8-12)27-4/h7-8,21H,9H2,1-6H3,(H,22,23). The first kappa shape index (κ1) is 22.6.